The van der Waals surface area contributed by atoms with Crippen molar-refractivity contribution in [2.75, 3.05) is 20.6 Å². The monoisotopic (exact) mass is 325 g/mol. The molecule has 1 amide bonds. The number of likely N-dealkylation sites (tertiary alicyclic amines) is 1. The molecule has 1 saturated heterocycles. The molecule has 0 spiro atoms. The molecule has 1 aromatic rings. The highest BCUT2D eigenvalue weighted by Crippen LogP contribution is 2.34. The van der Waals surface area contributed by atoms with E-state index in [1.165, 1.54) is 0 Å². The van der Waals surface area contributed by atoms with Crippen LogP contribution < -0.4 is 5.32 Å². The Balaban J connectivity index is 1.92. The summed E-state index contributed by atoms with van der Waals surface area (Å²) in [6, 6.07) is 5.95. The summed E-state index contributed by atoms with van der Waals surface area (Å²) in [7, 11) is 3.74. The highest BCUT2D eigenvalue weighted by molar-refractivity contribution is 9.10. The molecule has 104 valence electrons. The van der Waals surface area contributed by atoms with E-state index in [0.717, 1.165) is 42.5 Å². The molecule has 1 aliphatic rings. The summed E-state index contributed by atoms with van der Waals surface area (Å²) >= 11 is 3.38. The summed E-state index contributed by atoms with van der Waals surface area (Å²) in [6.07, 6.45) is 3.72. The van der Waals surface area contributed by atoms with Gasteiger partial charge in [0, 0.05) is 19.3 Å². The second kappa shape index (κ2) is 6.01. The van der Waals surface area contributed by atoms with E-state index in [9.17, 15) is 4.79 Å². The van der Waals surface area contributed by atoms with Crippen LogP contribution in [0.15, 0.2) is 22.8 Å². The zero-order chi connectivity index (χ0) is 13.9. The Bertz CT molecular complexity index is 466. The number of likely N-dealkylation sites (N-methyl/N-ethyl adjacent to an activating group) is 2. The topological polar surface area (TPSA) is 45.2 Å². The molecule has 0 aliphatic carbocycles. The lowest BCUT2D eigenvalue weighted by Crippen LogP contribution is -2.65. The van der Waals surface area contributed by atoms with Crippen LogP contribution in [0.25, 0.3) is 0 Å². The Hall–Kier alpha value is -0.940. The predicted octanol–water partition coefficient (Wildman–Crippen LogP) is 1.99. The number of amides is 1. The molecule has 0 radical (unpaired) electrons. The zero-order valence-electron chi connectivity index (χ0n) is 11.4. The van der Waals surface area contributed by atoms with Crippen LogP contribution in [0.5, 0.6) is 0 Å². The number of carbonyl (C=O) groups is 1. The number of hydrogen-bond acceptors (Lipinski definition) is 3. The zero-order valence-corrected chi connectivity index (χ0v) is 13.0. The van der Waals surface area contributed by atoms with E-state index in [1.807, 2.05) is 25.2 Å². The predicted molar refractivity (Wildman–Crippen MR) is 78.9 cm³/mol. The smallest absolute Gasteiger partial charge is 0.240 e. The number of rotatable bonds is 5. The van der Waals surface area contributed by atoms with Gasteiger partial charge in [-0.25, -0.2) is 4.98 Å². The van der Waals surface area contributed by atoms with E-state index in [4.69, 9.17) is 0 Å². The van der Waals surface area contributed by atoms with Crippen LogP contribution in [-0.2, 0) is 11.2 Å². The molecule has 0 aromatic carbocycles. The number of nitrogens with zero attached hydrogens (tertiary/aromatic N) is 2. The number of nitrogens with one attached hydrogen (secondary N) is 1. The Morgan fingerprint density at radius 3 is 2.89 bits per heavy atom. The minimum absolute atomic E-state index is 0.142. The van der Waals surface area contributed by atoms with Crippen LogP contribution in [0.1, 0.15) is 25.0 Å². The van der Waals surface area contributed by atoms with Crippen molar-refractivity contribution in [3.8, 4) is 0 Å². The highest BCUT2D eigenvalue weighted by Gasteiger charge is 2.47. The Labute approximate surface area is 122 Å². The molecule has 5 heteroatoms. The number of aryl methyl sites for hydroxylation is 1. The molecule has 1 fully saturated rings. The molecule has 1 aliphatic heterocycles. The minimum Gasteiger partial charge on any atom is -0.358 e. The molecule has 1 aromatic heterocycles. The Kier molecular flexibility index (Phi) is 4.58. The normalized spacial score (nSPS) is 22.9. The molecular formula is C14H20BrN3O. The summed E-state index contributed by atoms with van der Waals surface area (Å²) in [5.41, 5.74) is 0.782. The van der Waals surface area contributed by atoms with Crippen molar-refractivity contribution in [1.82, 2.24) is 15.2 Å². The average Bonchev–Trinajstić information content (AvgIpc) is 2.41. The van der Waals surface area contributed by atoms with Crippen LogP contribution in [-0.4, -0.2) is 42.0 Å². The molecule has 4 nitrogen and oxygen atoms in total. The van der Waals surface area contributed by atoms with Crippen LogP contribution in [0.4, 0.5) is 0 Å². The molecule has 19 heavy (non-hydrogen) atoms. The average molecular weight is 326 g/mol. The first-order valence-electron chi connectivity index (χ1n) is 6.63. The van der Waals surface area contributed by atoms with Crippen molar-refractivity contribution in [1.29, 1.82) is 0 Å². The van der Waals surface area contributed by atoms with Gasteiger partial charge in [0.2, 0.25) is 5.91 Å². The third-order valence-electron chi connectivity index (χ3n) is 4.04. The Morgan fingerprint density at radius 2 is 2.37 bits per heavy atom. The fourth-order valence-corrected chi connectivity index (χ4v) is 3.09. The molecule has 2 rings (SSSR count). The van der Waals surface area contributed by atoms with Gasteiger partial charge >= 0.3 is 0 Å². The fourth-order valence-electron chi connectivity index (χ4n) is 2.71. The maximum absolute atomic E-state index is 12.0. The Morgan fingerprint density at radius 1 is 1.58 bits per heavy atom. The molecule has 1 unspecified atom stereocenters. The number of halogens is 1. The van der Waals surface area contributed by atoms with Crippen LogP contribution >= 0.6 is 15.9 Å². The van der Waals surface area contributed by atoms with Crippen molar-refractivity contribution >= 4 is 21.8 Å². The van der Waals surface area contributed by atoms with Crippen LogP contribution in [0.2, 0.25) is 0 Å². The molecule has 1 N–H and O–H groups in total. The lowest BCUT2D eigenvalue weighted by molar-refractivity contribution is -0.141. The summed E-state index contributed by atoms with van der Waals surface area (Å²) in [4.78, 5) is 18.6. The van der Waals surface area contributed by atoms with Gasteiger partial charge in [-0.2, -0.15) is 0 Å². The van der Waals surface area contributed by atoms with Gasteiger partial charge in [0.05, 0.1) is 0 Å². The van der Waals surface area contributed by atoms with Crippen molar-refractivity contribution in [2.24, 2.45) is 0 Å². The summed E-state index contributed by atoms with van der Waals surface area (Å²) in [5.74, 6) is 0.142. The van der Waals surface area contributed by atoms with Gasteiger partial charge in [0.25, 0.3) is 0 Å². The van der Waals surface area contributed by atoms with Crippen molar-refractivity contribution < 1.29 is 4.79 Å². The van der Waals surface area contributed by atoms with E-state index in [0.29, 0.717) is 0 Å². The SMILES string of the molecule is CNC(=O)C1(CCCc2cccc(Br)n2)CCN1C. The largest absolute Gasteiger partial charge is 0.358 e. The lowest BCUT2D eigenvalue weighted by atomic mass is 9.79. The fraction of sp³-hybridized carbons (Fsp3) is 0.571. The molecule has 2 heterocycles. The van der Waals surface area contributed by atoms with Gasteiger partial charge in [-0.15, -0.1) is 0 Å². The van der Waals surface area contributed by atoms with Crippen LogP contribution in [0.3, 0.4) is 0 Å². The van der Waals surface area contributed by atoms with E-state index < -0.39 is 0 Å². The maximum atomic E-state index is 12.0. The lowest BCUT2D eigenvalue weighted by Gasteiger charge is -2.49. The van der Waals surface area contributed by atoms with Crippen molar-refractivity contribution in [2.45, 2.75) is 31.2 Å². The number of hydrogen-bond donors (Lipinski definition) is 1. The number of aromatic nitrogens is 1. The quantitative estimate of drug-likeness (QED) is 0.842. The van der Waals surface area contributed by atoms with Crippen molar-refractivity contribution in [3.63, 3.8) is 0 Å². The standard InChI is InChI=1S/C14H20BrN3O/c1-16-13(19)14(9-10-18(14)2)8-4-6-11-5-3-7-12(15)17-11/h3,5,7H,4,6,8-10H2,1-2H3,(H,16,19). The highest BCUT2D eigenvalue weighted by atomic mass is 79.9. The second-order valence-corrected chi connectivity index (χ2v) is 5.90. The number of carbonyl (C=O) groups excluding carboxylic acids is 1. The van der Waals surface area contributed by atoms with Crippen LogP contribution in [0, 0.1) is 0 Å². The van der Waals surface area contributed by atoms with Gasteiger partial charge in [-0.1, -0.05) is 6.07 Å². The summed E-state index contributed by atoms with van der Waals surface area (Å²) in [5, 5.41) is 2.79. The summed E-state index contributed by atoms with van der Waals surface area (Å²) < 4.78 is 0.867. The van der Waals surface area contributed by atoms with Gasteiger partial charge in [-0.3, -0.25) is 9.69 Å². The molecular weight excluding hydrogens is 306 g/mol. The first-order valence-corrected chi connectivity index (χ1v) is 7.43. The van der Waals surface area contributed by atoms with Crippen molar-refractivity contribution in [3.05, 3.63) is 28.5 Å². The van der Waals surface area contributed by atoms with Gasteiger partial charge in [0.1, 0.15) is 10.1 Å². The van der Waals surface area contributed by atoms with E-state index in [2.05, 4.69) is 31.1 Å². The molecule has 1 atom stereocenters. The summed E-state index contributed by atoms with van der Waals surface area (Å²) in [6.45, 7) is 1.00. The van der Waals surface area contributed by atoms with E-state index in [-0.39, 0.29) is 11.4 Å². The third-order valence-corrected chi connectivity index (χ3v) is 4.48. The third kappa shape index (κ3) is 2.98. The first-order chi connectivity index (χ1) is 9.08. The molecule has 0 saturated carbocycles. The van der Waals surface area contributed by atoms with E-state index >= 15 is 0 Å². The van der Waals surface area contributed by atoms with Gasteiger partial charge in [0.15, 0.2) is 0 Å². The molecule has 0 bridgehead atoms. The minimum atomic E-state index is -0.291. The van der Waals surface area contributed by atoms with Gasteiger partial charge in [-0.05, 0) is 60.8 Å². The number of pyridine rings is 1. The van der Waals surface area contributed by atoms with Gasteiger partial charge < -0.3 is 5.32 Å². The maximum Gasteiger partial charge on any atom is 0.240 e. The first kappa shape index (κ1) is 14.5. The second-order valence-electron chi connectivity index (χ2n) is 5.09. The van der Waals surface area contributed by atoms with E-state index in [1.54, 1.807) is 7.05 Å².